The lowest BCUT2D eigenvalue weighted by Crippen LogP contribution is -2.42. The van der Waals surface area contributed by atoms with Gasteiger partial charge in [0.05, 0.1) is 32.2 Å². The van der Waals surface area contributed by atoms with Crippen LogP contribution in [0.3, 0.4) is 0 Å². The largest absolute Gasteiger partial charge is 0.497 e. The van der Waals surface area contributed by atoms with E-state index < -0.39 is 5.60 Å². The fourth-order valence-corrected chi connectivity index (χ4v) is 4.01. The number of rotatable bonds is 10. The molecule has 1 atom stereocenters. The number of pyridine rings is 1. The number of carbonyl (C=O) groups excluding carboxylic acids is 1. The van der Waals surface area contributed by atoms with Crippen molar-refractivity contribution in [2.24, 2.45) is 0 Å². The second-order valence-electron chi connectivity index (χ2n) is 8.18. The summed E-state index contributed by atoms with van der Waals surface area (Å²) < 4.78 is 27.9. The molecule has 1 aliphatic heterocycles. The highest BCUT2D eigenvalue weighted by Gasteiger charge is 2.44. The van der Waals surface area contributed by atoms with Gasteiger partial charge in [-0.3, -0.25) is 4.98 Å². The van der Waals surface area contributed by atoms with E-state index >= 15 is 0 Å². The van der Waals surface area contributed by atoms with Crippen LogP contribution in [0.2, 0.25) is 0 Å². The van der Waals surface area contributed by atoms with Crippen LogP contribution in [0.15, 0.2) is 47.0 Å². The number of nitrogens with zero attached hydrogens (tertiary/aromatic N) is 2. The Hall–Kier alpha value is -3.39. The molecule has 1 aromatic carbocycles. The summed E-state index contributed by atoms with van der Waals surface area (Å²) in [6.45, 7) is 5.02. The van der Waals surface area contributed by atoms with Crippen LogP contribution in [0.5, 0.6) is 11.5 Å². The van der Waals surface area contributed by atoms with Crippen molar-refractivity contribution >= 4 is 5.97 Å². The van der Waals surface area contributed by atoms with Crippen LogP contribution in [-0.4, -0.2) is 48.5 Å². The molecule has 1 aliphatic rings. The van der Waals surface area contributed by atoms with Gasteiger partial charge in [-0.05, 0) is 63.1 Å². The third kappa shape index (κ3) is 5.39. The molecule has 0 bridgehead atoms. The fraction of sp³-hybridized carbons (Fsp3) is 0.423. The van der Waals surface area contributed by atoms with E-state index in [0.29, 0.717) is 50.7 Å². The van der Waals surface area contributed by atoms with Gasteiger partial charge in [0.2, 0.25) is 5.89 Å². The van der Waals surface area contributed by atoms with Crippen molar-refractivity contribution in [2.45, 2.75) is 45.1 Å². The normalized spacial score (nSPS) is 17.5. The number of ether oxygens (including phenoxy) is 4. The van der Waals surface area contributed by atoms with Gasteiger partial charge in [0.15, 0.2) is 5.60 Å². The Kier molecular flexibility index (Phi) is 7.47. The molecule has 4 rings (SSSR count). The average molecular weight is 467 g/mol. The topological polar surface area (TPSA) is 92.9 Å². The summed E-state index contributed by atoms with van der Waals surface area (Å²) in [7, 11) is 1.63. The maximum absolute atomic E-state index is 12.4. The lowest BCUT2D eigenvalue weighted by Gasteiger charge is -2.25. The second kappa shape index (κ2) is 10.7. The summed E-state index contributed by atoms with van der Waals surface area (Å²) >= 11 is 0. The Labute approximate surface area is 199 Å². The predicted molar refractivity (Wildman–Crippen MR) is 125 cm³/mol. The average Bonchev–Trinajstić information content (AvgIpc) is 3.48. The molecule has 0 aliphatic carbocycles. The number of aryl methyl sites for hydroxylation is 1. The van der Waals surface area contributed by atoms with Gasteiger partial charge in [-0.15, -0.1) is 0 Å². The summed E-state index contributed by atoms with van der Waals surface area (Å²) in [5, 5.41) is 0. The number of hydrogen-bond donors (Lipinski definition) is 0. The Bertz CT molecular complexity index is 1090. The van der Waals surface area contributed by atoms with Crippen LogP contribution in [0.1, 0.15) is 36.9 Å². The van der Waals surface area contributed by atoms with E-state index in [2.05, 4.69) is 9.97 Å². The SMILES string of the molecule is CCOC(=O)C1(Cc2ccc(OCCc3nc(-c4ccc(OC)cc4)oc3C)cn2)CCCO1. The lowest BCUT2D eigenvalue weighted by atomic mass is 9.94. The molecule has 1 fully saturated rings. The summed E-state index contributed by atoms with van der Waals surface area (Å²) in [5.74, 6) is 2.46. The van der Waals surface area contributed by atoms with Gasteiger partial charge in [0.25, 0.3) is 0 Å². The van der Waals surface area contributed by atoms with Crippen molar-refractivity contribution in [2.75, 3.05) is 26.9 Å². The van der Waals surface area contributed by atoms with Crippen molar-refractivity contribution in [1.82, 2.24) is 9.97 Å². The van der Waals surface area contributed by atoms with E-state index in [0.717, 1.165) is 34.9 Å². The van der Waals surface area contributed by atoms with Gasteiger partial charge in [0.1, 0.15) is 17.3 Å². The number of aromatic nitrogens is 2. The molecule has 180 valence electrons. The van der Waals surface area contributed by atoms with E-state index in [1.54, 1.807) is 20.2 Å². The molecule has 3 heterocycles. The van der Waals surface area contributed by atoms with Gasteiger partial charge in [0, 0.05) is 30.7 Å². The summed E-state index contributed by atoms with van der Waals surface area (Å²) in [5.41, 5.74) is 1.57. The monoisotopic (exact) mass is 466 g/mol. The molecule has 0 saturated carbocycles. The van der Waals surface area contributed by atoms with Gasteiger partial charge >= 0.3 is 5.97 Å². The number of hydrogen-bond acceptors (Lipinski definition) is 8. The molecule has 8 nitrogen and oxygen atoms in total. The minimum Gasteiger partial charge on any atom is -0.497 e. The number of oxazole rings is 1. The molecule has 3 aromatic rings. The second-order valence-corrected chi connectivity index (χ2v) is 8.18. The van der Waals surface area contributed by atoms with Crippen LogP contribution in [-0.2, 0) is 27.1 Å². The molecule has 0 spiro atoms. The minimum atomic E-state index is -0.933. The van der Waals surface area contributed by atoms with E-state index in [1.165, 1.54) is 0 Å². The number of esters is 1. The molecule has 1 saturated heterocycles. The first-order chi connectivity index (χ1) is 16.5. The van der Waals surface area contributed by atoms with E-state index in [9.17, 15) is 4.79 Å². The van der Waals surface area contributed by atoms with Crippen LogP contribution in [0, 0.1) is 6.92 Å². The highest BCUT2D eigenvalue weighted by atomic mass is 16.6. The molecule has 2 aromatic heterocycles. The van der Waals surface area contributed by atoms with Gasteiger partial charge in [-0.2, -0.15) is 0 Å². The number of methoxy groups -OCH3 is 1. The van der Waals surface area contributed by atoms with Crippen LogP contribution in [0.25, 0.3) is 11.5 Å². The van der Waals surface area contributed by atoms with Gasteiger partial charge in [-0.1, -0.05) is 0 Å². The highest BCUT2D eigenvalue weighted by molar-refractivity contribution is 5.80. The van der Waals surface area contributed by atoms with Crippen molar-refractivity contribution in [3.8, 4) is 23.0 Å². The molecule has 0 amide bonds. The quantitative estimate of drug-likeness (QED) is 0.408. The maximum atomic E-state index is 12.4. The first-order valence-corrected chi connectivity index (χ1v) is 11.5. The fourth-order valence-electron chi connectivity index (χ4n) is 4.01. The van der Waals surface area contributed by atoms with Crippen molar-refractivity contribution in [3.63, 3.8) is 0 Å². The predicted octanol–water partition coefficient (Wildman–Crippen LogP) is 4.33. The molecule has 8 heteroatoms. The maximum Gasteiger partial charge on any atom is 0.338 e. The van der Waals surface area contributed by atoms with E-state index in [4.69, 9.17) is 23.4 Å². The molecule has 0 radical (unpaired) electrons. The lowest BCUT2D eigenvalue weighted by molar-refractivity contribution is -0.166. The third-order valence-electron chi connectivity index (χ3n) is 5.85. The third-order valence-corrected chi connectivity index (χ3v) is 5.85. The first-order valence-electron chi connectivity index (χ1n) is 11.5. The molecule has 1 unspecified atom stereocenters. The van der Waals surface area contributed by atoms with Crippen LogP contribution >= 0.6 is 0 Å². The highest BCUT2D eigenvalue weighted by Crippen LogP contribution is 2.31. The van der Waals surface area contributed by atoms with E-state index in [1.807, 2.05) is 43.3 Å². The Morgan fingerprint density at radius 2 is 1.94 bits per heavy atom. The van der Waals surface area contributed by atoms with Crippen molar-refractivity contribution in [1.29, 1.82) is 0 Å². The zero-order chi connectivity index (χ0) is 24.0. The van der Waals surface area contributed by atoms with Gasteiger partial charge < -0.3 is 23.4 Å². The molecule has 34 heavy (non-hydrogen) atoms. The molecular formula is C26H30N2O6. The van der Waals surface area contributed by atoms with E-state index in [-0.39, 0.29) is 5.97 Å². The molecular weight excluding hydrogens is 436 g/mol. The smallest absolute Gasteiger partial charge is 0.338 e. The number of benzene rings is 1. The summed E-state index contributed by atoms with van der Waals surface area (Å²) in [6, 6.07) is 11.3. The van der Waals surface area contributed by atoms with Crippen LogP contribution < -0.4 is 9.47 Å². The van der Waals surface area contributed by atoms with Crippen molar-refractivity contribution in [3.05, 3.63) is 59.7 Å². The number of carbonyl (C=O) groups is 1. The standard InChI is InChI=1S/C26H30N2O6/c1-4-31-25(29)26(13-5-14-33-26)16-20-8-11-22(17-27-20)32-15-12-23-18(2)34-24(28-23)19-6-9-21(30-3)10-7-19/h6-11,17H,4-5,12-16H2,1-3H3. The Balaban J connectivity index is 1.32. The zero-order valence-corrected chi connectivity index (χ0v) is 19.8. The first kappa shape index (κ1) is 23.8. The van der Waals surface area contributed by atoms with Gasteiger partial charge in [-0.25, -0.2) is 9.78 Å². The zero-order valence-electron chi connectivity index (χ0n) is 19.8. The Morgan fingerprint density at radius 1 is 1.15 bits per heavy atom. The van der Waals surface area contributed by atoms with Crippen LogP contribution in [0.4, 0.5) is 0 Å². The summed E-state index contributed by atoms with van der Waals surface area (Å²) in [4.78, 5) is 21.5. The van der Waals surface area contributed by atoms with Crippen molar-refractivity contribution < 1.29 is 28.2 Å². The minimum absolute atomic E-state index is 0.313. The Morgan fingerprint density at radius 3 is 2.59 bits per heavy atom. The molecule has 0 N–H and O–H groups in total. The summed E-state index contributed by atoms with van der Waals surface area (Å²) in [6.07, 6.45) is 4.13.